The second-order valence-corrected chi connectivity index (χ2v) is 6.65. The van der Waals surface area contributed by atoms with Crippen molar-refractivity contribution in [3.8, 4) is 0 Å². The van der Waals surface area contributed by atoms with Crippen LogP contribution in [0.2, 0.25) is 0 Å². The lowest BCUT2D eigenvalue weighted by Crippen LogP contribution is -2.52. The Hall–Kier alpha value is -1.11. The van der Waals surface area contributed by atoms with Crippen molar-refractivity contribution < 1.29 is 15.3 Å². The summed E-state index contributed by atoms with van der Waals surface area (Å²) < 4.78 is 0. The van der Waals surface area contributed by atoms with Gasteiger partial charge in [0.05, 0.1) is 12.1 Å². The average Bonchev–Trinajstić information content (AvgIpc) is 2.58. The molecule has 0 heterocycles. The molecular weight excluding hydrogens is 320 g/mol. The molecule has 0 bridgehead atoms. The number of hydrogen-bond donors (Lipinski definition) is 4. The molecule has 0 radical (unpaired) electrons. The van der Waals surface area contributed by atoms with Crippen molar-refractivity contribution in [2.45, 2.75) is 102 Å². The first-order valence-electron chi connectivity index (χ1n) is 9.57. The molecule has 0 aliphatic heterocycles. The number of hydrogen-bond acceptors (Lipinski definition) is 5. The zero-order chi connectivity index (χ0) is 19.0. The van der Waals surface area contributed by atoms with Gasteiger partial charge in [-0.3, -0.25) is 0 Å². The Morgan fingerprint density at radius 1 is 1.00 bits per heavy atom. The maximum Gasteiger partial charge on any atom is 0.262 e. The molecule has 0 saturated heterocycles. The average molecular weight is 357 g/mol. The van der Waals surface area contributed by atoms with E-state index in [0.29, 0.717) is 0 Å². The summed E-state index contributed by atoms with van der Waals surface area (Å²) in [6.45, 7) is 2.24. The van der Waals surface area contributed by atoms with Crippen molar-refractivity contribution in [1.82, 2.24) is 0 Å². The molecule has 0 saturated carbocycles. The molecule has 7 heteroatoms. The van der Waals surface area contributed by atoms with E-state index < -0.39 is 18.1 Å². The van der Waals surface area contributed by atoms with Crippen LogP contribution < -0.4 is 5.73 Å². The van der Waals surface area contributed by atoms with Gasteiger partial charge >= 0.3 is 0 Å². The number of nitrogens with zero attached hydrogens (tertiary/aromatic N) is 3. The molecule has 0 aliphatic carbocycles. The third-order valence-electron chi connectivity index (χ3n) is 4.31. The molecule has 0 unspecified atom stereocenters. The number of unbranched alkanes of at least 4 members (excludes halogenated alkanes) is 11. The Labute approximate surface area is 151 Å². The van der Waals surface area contributed by atoms with E-state index in [1.807, 2.05) is 0 Å². The van der Waals surface area contributed by atoms with E-state index in [0.717, 1.165) is 19.3 Å². The van der Waals surface area contributed by atoms with Crippen molar-refractivity contribution in [3.05, 3.63) is 22.6 Å². The first-order valence-corrected chi connectivity index (χ1v) is 9.57. The van der Waals surface area contributed by atoms with Gasteiger partial charge in [-0.05, 0) is 23.5 Å². The molecule has 2 atom stereocenters. The van der Waals surface area contributed by atoms with Crippen molar-refractivity contribution in [2.24, 2.45) is 10.8 Å². The predicted molar refractivity (Wildman–Crippen MR) is 101 cm³/mol. The number of rotatable bonds is 16. The Bertz CT molecular complexity index is 396. The van der Waals surface area contributed by atoms with Crippen LogP contribution in [0.5, 0.6) is 0 Å². The third-order valence-corrected chi connectivity index (χ3v) is 4.31. The number of aliphatic hydroxyl groups is 3. The number of aliphatic hydroxyl groups excluding tert-OH is 1. The topological polar surface area (TPSA) is 135 Å². The second kappa shape index (κ2) is 15.2. The monoisotopic (exact) mass is 356 g/mol. The Kier molecular flexibility index (Phi) is 14.5. The first-order chi connectivity index (χ1) is 12.0. The maximum atomic E-state index is 9.74. The summed E-state index contributed by atoms with van der Waals surface area (Å²) in [4.78, 5) is 2.29. The van der Waals surface area contributed by atoms with Gasteiger partial charge in [0, 0.05) is 4.91 Å². The lowest BCUT2D eigenvalue weighted by atomic mass is 10.0. The van der Waals surface area contributed by atoms with Gasteiger partial charge in [-0.15, -0.1) is 0 Å². The fraction of sp³-hybridized carbons (Fsp3) is 0.889. The van der Waals surface area contributed by atoms with Gasteiger partial charge in [0.1, 0.15) is 0 Å². The highest BCUT2D eigenvalue weighted by Crippen LogP contribution is 2.14. The molecule has 25 heavy (non-hydrogen) atoms. The lowest BCUT2D eigenvalue weighted by Gasteiger charge is -2.25. The summed E-state index contributed by atoms with van der Waals surface area (Å²) in [5.74, 6) is -2.80. The number of allylic oxidation sites excluding steroid dienone is 1. The van der Waals surface area contributed by atoms with E-state index in [4.69, 9.17) is 11.3 Å². The normalized spacial score (nSPS) is 14.4. The van der Waals surface area contributed by atoms with Gasteiger partial charge in [0.25, 0.3) is 5.91 Å². The highest BCUT2D eigenvalue weighted by Gasteiger charge is 2.34. The SMILES string of the molecule is CCCCCCCCCCCCC/C=C/[C@@H](O)[C@H](N)C(O)(O)N=[N+]=[N-]. The van der Waals surface area contributed by atoms with Crippen molar-refractivity contribution in [2.75, 3.05) is 0 Å². The number of nitrogens with two attached hydrogens (primary N) is 1. The van der Waals surface area contributed by atoms with Crippen LogP contribution in [0, 0.1) is 0 Å². The molecule has 0 rings (SSSR count). The summed E-state index contributed by atoms with van der Waals surface area (Å²) in [5.41, 5.74) is 13.7. The van der Waals surface area contributed by atoms with E-state index in [9.17, 15) is 15.3 Å². The summed E-state index contributed by atoms with van der Waals surface area (Å²) in [5, 5.41) is 31.3. The zero-order valence-corrected chi connectivity index (χ0v) is 15.6. The third kappa shape index (κ3) is 12.8. The predicted octanol–water partition coefficient (Wildman–Crippen LogP) is 3.88. The fourth-order valence-corrected chi connectivity index (χ4v) is 2.64. The van der Waals surface area contributed by atoms with Crippen LogP contribution in [0.15, 0.2) is 17.3 Å². The van der Waals surface area contributed by atoms with Crippen molar-refractivity contribution in [1.29, 1.82) is 0 Å². The molecule has 0 aliphatic rings. The van der Waals surface area contributed by atoms with Crippen LogP contribution in [0.3, 0.4) is 0 Å². The summed E-state index contributed by atoms with van der Waals surface area (Å²) in [6, 6.07) is -1.49. The van der Waals surface area contributed by atoms with Gasteiger partial charge in [-0.25, -0.2) is 0 Å². The van der Waals surface area contributed by atoms with Gasteiger partial charge in [0.15, 0.2) is 0 Å². The van der Waals surface area contributed by atoms with E-state index in [1.54, 1.807) is 6.08 Å². The minimum atomic E-state index is -2.80. The highest BCUT2D eigenvalue weighted by molar-refractivity contribution is 4.98. The Morgan fingerprint density at radius 2 is 1.48 bits per heavy atom. The quantitative estimate of drug-likeness (QED) is 0.0833. The van der Waals surface area contributed by atoms with Crippen LogP contribution >= 0.6 is 0 Å². The molecule has 7 nitrogen and oxygen atoms in total. The van der Waals surface area contributed by atoms with Crippen LogP contribution in [0.1, 0.15) is 84.0 Å². The largest absolute Gasteiger partial charge is 0.387 e. The Balaban J connectivity index is 3.61. The first kappa shape index (κ1) is 23.9. The molecule has 0 aromatic rings. The molecule has 146 valence electrons. The van der Waals surface area contributed by atoms with Crippen LogP contribution in [-0.2, 0) is 0 Å². The molecule has 5 N–H and O–H groups in total. The standard InChI is InChI=1S/C18H36N4O3/c1-2-3-4-5-6-7-8-9-10-11-12-13-14-15-16(23)17(19)18(24,25)21-22-20/h14-17,23-25H,2-13,19H2,1H3/b15-14+/t16-,17+/m1/s1. The van der Waals surface area contributed by atoms with Gasteiger partial charge in [-0.1, -0.05) is 83.3 Å². The molecule has 0 fully saturated rings. The van der Waals surface area contributed by atoms with E-state index in [-0.39, 0.29) is 0 Å². The van der Waals surface area contributed by atoms with E-state index in [1.165, 1.54) is 63.9 Å². The van der Waals surface area contributed by atoms with Crippen LogP contribution in [0.4, 0.5) is 0 Å². The minimum absolute atomic E-state index is 0.798. The lowest BCUT2D eigenvalue weighted by molar-refractivity contribution is -0.183. The smallest absolute Gasteiger partial charge is 0.262 e. The minimum Gasteiger partial charge on any atom is -0.387 e. The highest BCUT2D eigenvalue weighted by atomic mass is 16.5. The summed E-state index contributed by atoms with van der Waals surface area (Å²) >= 11 is 0. The zero-order valence-electron chi connectivity index (χ0n) is 15.6. The number of azide groups is 1. The van der Waals surface area contributed by atoms with Crippen LogP contribution in [-0.4, -0.2) is 33.4 Å². The molecule has 0 aromatic heterocycles. The molecule has 0 amide bonds. The fourth-order valence-electron chi connectivity index (χ4n) is 2.64. The second-order valence-electron chi connectivity index (χ2n) is 6.65. The summed E-state index contributed by atoms with van der Waals surface area (Å²) in [6.07, 6.45) is 16.7. The molecular formula is C18H36N4O3. The van der Waals surface area contributed by atoms with Gasteiger partial charge < -0.3 is 21.1 Å². The van der Waals surface area contributed by atoms with E-state index >= 15 is 0 Å². The molecule has 0 aromatic carbocycles. The maximum absolute atomic E-state index is 9.74. The van der Waals surface area contributed by atoms with Gasteiger partial charge in [0.2, 0.25) is 0 Å². The van der Waals surface area contributed by atoms with E-state index in [2.05, 4.69) is 16.9 Å². The van der Waals surface area contributed by atoms with Gasteiger partial charge in [-0.2, -0.15) is 0 Å². The van der Waals surface area contributed by atoms with Crippen molar-refractivity contribution in [3.63, 3.8) is 0 Å². The van der Waals surface area contributed by atoms with Crippen molar-refractivity contribution >= 4 is 0 Å². The molecule has 0 spiro atoms. The summed E-state index contributed by atoms with van der Waals surface area (Å²) in [7, 11) is 0. The van der Waals surface area contributed by atoms with Crippen LogP contribution in [0.25, 0.3) is 10.4 Å². The Morgan fingerprint density at radius 3 is 1.96 bits per heavy atom.